The fraction of sp³-hybridized carbons (Fsp3) is 0.471. The van der Waals surface area contributed by atoms with Crippen LogP contribution in [-0.4, -0.2) is 49.4 Å². The molecule has 0 bridgehead atoms. The number of esters is 1. The van der Waals surface area contributed by atoms with E-state index in [1.807, 2.05) is 0 Å². The van der Waals surface area contributed by atoms with E-state index in [0.717, 1.165) is 0 Å². The van der Waals surface area contributed by atoms with Crippen LogP contribution in [0.15, 0.2) is 23.6 Å². The lowest BCUT2D eigenvalue weighted by molar-refractivity contribution is -0.0136. The van der Waals surface area contributed by atoms with Gasteiger partial charge in [0, 0.05) is 12.8 Å². The summed E-state index contributed by atoms with van der Waals surface area (Å²) in [4.78, 5) is 37.3. The lowest BCUT2D eigenvalue weighted by Crippen LogP contribution is -2.62. The Morgan fingerprint density at radius 2 is 2.28 bits per heavy atom. The van der Waals surface area contributed by atoms with Gasteiger partial charge in [0.2, 0.25) is 5.43 Å². The van der Waals surface area contributed by atoms with Crippen molar-refractivity contribution in [3.63, 3.8) is 0 Å². The van der Waals surface area contributed by atoms with Crippen LogP contribution in [0.1, 0.15) is 39.7 Å². The minimum absolute atomic E-state index is 0.0790. The highest BCUT2D eigenvalue weighted by molar-refractivity contribution is 5.98. The van der Waals surface area contributed by atoms with Gasteiger partial charge in [-0.1, -0.05) is 6.08 Å². The Morgan fingerprint density at radius 1 is 1.52 bits per heavy atom. The molecule has 134 valence electrons. The van der Waals surface area contributed by atoms with Crippen LogP contribution >= 0.6 is 0 Å². The number of nitrogens with zero attached hydrogens (tertiary/aromatic N) is 1. The number of amides is 1. The second kappa shape index (κ2) is 6.36. The summed E-state index contributed by atoms with van der Waals surface area (Å²) in [5.74, 6) is -1.39. The molecular formula is C17H20N2O6. The first-order valence-electron chi connectivity index (χ1n) is 7.91. The topological polar surface area (TPSA) is 95.9 Å². The fourth-order valence-corrected chi connectivity index (χ4v) is 3.62. The molecule has 0 radical (unpaired) electrons. The Kier molecular flexibility index (Phi) is 4.38. The summed E-state index contributed by atoms with van der Waals surface area (Å²) >= 11 is 0. The summed E-state index contributed by atoms with van der Waals surface area (Å²) in [6, 6.07) is -0.301. The Morgan fingerprint density at radius 3 is 2.92 bits per heavy atom. The van der Waals surface area contributed by atoms with Crippen LogP contribution in [0.3, 0.4) is 0 Å². The number of hydrogen-bond donors (Lipinski definition) is 1. The van der Waals surface area contributed by atoms with Crippen molar-refractivity contribution in [3.05, 3.63) is 40.3 Å². The second-order valence-electron chi connectivity index (χ2n) is 6.10. The number of hydrogen-bond acceptors (Lipinski definition) is 6. The Hall–Kier alpha value is -2.61. The number of carbonyl (C=O) groups is 2. The molecule has 1 fully saturated rings. The van der Waals surface area contributed by atoms with Crippen LogP contribution in [-0.2, 0) is 9.47 Å². The number of ether oxygens (including phenoxy) is 3. The van der Waals surface area contributed by atoms with Crippen molar-refractivity contribution in [2.45, 2.75) is 24.4 Å². The standard InChI is InChI=1S/C17H20N2O6/c1-4-5-17-6-7-25-9-11(17)19-8-10(16(22)24-3)13(20)14(23-2)12(19)15(21)18-17/h4,8,11H,1,5-7,9H2,2-3H3,(H,18,21)/t11-,17+/m0/s1. The smallest absolute Gasteiger partial charge is 0.343 e. The Labute approximate surface area is 144 Å². The molecule has 1 saturated heterocycles. The highest BCUT2D eigenvalue weighted by Crippen LogP contribution is 2.39. The lowest BCUT2D eigenvalue weighted by atomic mass is 9.80. The van der Waals surface area contributed by atoms with Gasteiger partial charge in [-0.25, -0.2) is 4.79 Å². The molecule has 0 aliphatic carbocycles. The van der Waals surface area contributed by atoms with Crippen LogP contribution < -0.4 is 15.5 Å². The molecule has 3 rings (SSSR count). The summed E-state index contributed by atoms with van der Waals surface area (Å²) in [5, 5.41) is 3.01. The molecule has 1 N–H and O–H groups in total. The minimum atomic E-state index is -0.782. The third kappa shape index (κ3) is 2.53. The van der Waals surface area contributed by atoms with Gasteiger partial charge in [-0.2, -0.15) is 0 Å². The van der Waals surface area contributed by atoms with Gasteiger partial charge < -0.3 is 24.1 Å². The van der Waals surface area contributed by atoms with Gasteiger partial charge in [-0.15, -0.1) is 6.58 Å². The van der Waals surface area contributed by atoms with Crippen molar-refractivity contribution in [1.82, 2.24) is 9.88 Å². The largest absolute Gasteiger partial charge is 0.491 e. The van der Waals surface area contributed by atoms with Crippen molar-refractivity contribution < 1.29 is 23.8 Å². The summed E-state index contributed by atoms with van der Waals surface area (Å²) in [6.45, 7) is 4.61. The molecule has 1 aromatic heterocycles. The number of carbonyl (C=O) groups excluding carboxylic acids is 2. The first-order chi connectivity index (χ1) is 12.0. The van der Waals surface area contributed by atoms with Gasteiger partial charge in [0.15, 0.2) is 11.4 Å². The van der Waals surface area contributed by atoms with E-state index in [4.69, 9.17) is 9.47 Å². The third-order valence-corrected chi connectivity index (χ3v) is 4.83. The molecule has 8 nitrogen and oxygen atoms in total. The quantitative estimate of drug-likeness (QED) is 0.634. The van der Waals surface area contributed by atoms with E-state index in [0.29, 0.717) is 26.1 Å². The second-order valence-corrected chi connectivity index (χ2v) is 6.10. The van der Waals surface area contributed by atoms with E-state index in [1.54, 1.807) is 10.6 Å². The molecule has 0 unspecified atom stereocenters. The van der Waals surface area contributed by atoms with Crippen molar-refractivity contribution in [1.29, 1.82) is 0 Å². The fourth-order valence-electron chi connectivity index (χ4n) is 3.62. The predicted molar refractivity (Wildman–Crippen MR) is 88.1 cm³/mol. The van der Waals surface area contributed by atoms with E-state index in [9.17, 15) is 14.4 Å². The number of pyridine rings is 1. The van der Waals surface area contributed by atoms with Crippen LogP contribution in [0.25, 0.3) is 0 Å². The summed E-state index contributed by atoms with van der Waals surface area (Å²) in [7, 11) is 2.48. The lowest BCUT2D eigenvalue weighted by Gasteiger charge is -2.48. The van der Waals surface area contributed by atoms with Gasteiger partial charge in [-0.05, 0) is 12.8 Å². The van der Waals surface area contributed by atoms with Gasteiger partial charge >= 0.3 is 5.97 Å². The zero-order valence-electron chi connectivity index (χ0n) is 14.2. The minimum Gasteiger partial charge on any atom is -0.491 e. The maximum atomic E-state index is 12.8. The monoisotopic (exact) mass is 348 g/mol. The molecule has 2 aliphatic heterocycles. The SMILES string of the molecule is C=CC[C@@]12CCOC[C@@H]1n1cc(C(=O)OC)c(=O)c(OC)c1C(=O)N2. The molecule has 3 heterocycles. The molecule has 0 saturated carbocycles. The third-order valence-electron chi connectivity index (χ3n) is 4.83. The van der Waals surface area contributed by atoms with Gasteiger partial charge in [-0.3, -0.25) is 9.59 Å². The van der Waals surface area contributed by atoms with Crippen LogP contribution in [0.2, 0.25) is 0 Å². The first kappa shape index (κ1) is 17.2. The van der Waals surface area contributed by atoms with Crippen molar-refractivity contribution in [2.24, 2.45) is 0 Å². The van der Waals surface area contributed by atoms with Crippen molar-refractivity contribution in [3.8, 4) is 5.75 Å². The van der Waals surface area contributed by atoms with E-state index < -0.39 is 22.8 Å². The van der Waals surface area contributed by atoms with Gasteiger partial charge in [0.05, 0.1) is 32.4 Å². The molecule has 0 spiro atoms. The van der Waals surface area contributed by atoms with Crippen molar-refractivity contribution in [2.75, 3.05) is 27.4 Å². The van der Waals surface area contributed by atoms with Crippen LogP contribution in [0.4, 0.5) is 0 Å². The number of methoxy groups -OCH3 is 2. The average molecular weight is 348 g/mol. The normalized spacial score (nSPS) is 24.6. The maximum absolute atomic E-state index is 12.8. The number of nitrogens with one attached hydrogen (secondary N) is 1. The summed E-state index contributed by atoms with van der Waals surface area (Å²) in [6.07, 6.45) is 4.23. The molecule has 1 amide bonds. The van der Waals surface area contributed by atoms with Crippen molar-refractivity contribution >= 4 is 11.9 Å². The Bertz CT molecular complexity index is 799. The number of rotatable bonds is 4. The molecule has 0 aromatic carbocycles. The molecule has 1 aromatic rings. The zero-order chi connectivity index (χ0) is 18.2. The molecule has 2 atom stereocenters. The maximum Gasteiger partial charge on any atom is 0.343 e. The van der Waals surface area contributed by atoms with E-state index in [1.165, 1.54) is 20.4 Å². The molecule has 25 heavy (non-hydrogen) atoms. The molecule has 8 heteroatoms. The first-order valence-corrected chi connectivity index (χ1v) is 7.91. The Balaban J connectivity index is 2.28. The summed E-state index contributed by atoms with van der Waals surface area (Å²) in [5.41, 5.74) is -1.37. The zero-order valence-corrected chi connectivity index (χ0v) is 14.2. The number of aromatic nitrogens is 1. The van der Waals surface area contributed by atoms with Crippen LogP contribution in [0, 0.1) is 0 Å². The van der Waals surface area contributed by atoms with Crippen LogP contribution in [0.5, 0.6) is 5.75 Å². The predicted octanol–water partition coefficient (Wildman–Crippen LogP) is 0.663. The van der Waals surface area contributed by atoms with E-state index >= 15 is 0 Å². The average Bonchev–Trinajstić information content (AvgIpc) is 2.61. The van der Waals surface area contributed by atoms with Gasteiger partial charge in [0.1, 0.15) is 5.56 Å². The van der Waals surface area contributed by atoms with E-state index in [-0.39, 0.29) is 23.0 Å². The highest BCUT2D eigenvalue weighted by atomic mass is 16.5. The summed E-state index contributed by atoms with van der Waals surface area (Å²) < 4.78 is 17.0. The molecular weight excluding hydrogens is 328 g/mol. The van der Waals surface area contributed by atoms with Gasteiger partial charge in [0.25, 0.3) is 5.91 Å². The van der Waals surface area contributed by atoms with E-state index in [2.05, 4.69) is 16.6 Å². The molecule has 2 aliphatic rings. The highest BCUT2D eigenvalue weighted by Gasteiger charge is 2.48. The number of fused-ring (bicyclic) bond motifs is 3.